The van der Waals surface area contributed by atoms with Crippen LogP contribution in [0.5, 0.6) is 0 Å². The largest absolute Gasteiger partial charge is 1.00 e. The van der Waals surface area contributed by atoms with E-state index in [1.165, 1.54) is 48.6 Å². The molecule has 5 rings (SSSR count). The maximum atomic E-state index is 4.67. The van der Waals surface area contributed by atoms with Crippen molar-refractivity contribution in [1.82, 2.24) is 9.88 Å². The van der Waals surface area contributed by atoms with E-state index >= 15 is 0 Å². The average molecular weight is 459 g/mol. The number of fused-ring (bicyclic) bond motifs is 4. The van der Waals surface area contributed by atoms with Gasteiger partial charge >= 0.3 is 0 Å². The van der Waals surface area contributed by atoms with Crippen molar-refractivity contribution in [3.63, 3.8) is 0 Å². The molecule has 0 amide bonds. The van der Waals surface area contributed by atoms with Gasteiger partial charge in [0.05, 0.1) is 6.20 Å². The molecule has 0 radical (unpaired) electrons. The number of thiazole rings is 1. The van der Waals surface area contributed by atoms with E-state index in [1.54, 1.807) is 0 Å². The average Bonchev–Trinajstić information content (AvgIpc) is 2.81. The lowest BCUT2D eigenvalue weighted by molar-refractivity contribution is -0.001000. The topological polar surface area (TPSA) is 19.4 Å². The Morgan fingerprint density at radius 3 is 2.39 bits per heavy atom. The standard InChI is InChI=1S/C17H21N3S.2BrH/c1-13-2-4-14(5-3-13)17-18-12-16(21-17)20-11-10-19-8-6-15(20)7-9-19;;/h2-5,12,15H,6-11H2,1H3;2*1H/p-2. The first-order valence-corrected chi connectivity index (χ1v) is 8.63. The monoisotopic (exact) mass is 457 g/mol. The van der Waals surface area contributed by atoms with Crippen LogP contribution < -0.4 is 38.9 Å². The van der Waals surface area contributed by atoms with Gasteiger partial charge in [0.2, 0.25) is 0 Å². The van der Waals surface area contributed by atoms with E-state index in [0.717, 1.165) is 17.6 Å². The second-order valence-corrected chi connectivity index (χ2v) is 7.14. The highest BCUT2D eigenvalue weighted by molar-refractivity contribution is 7.18. The normalized spacial score (nSPS) is 22.9. The molecule has 0 unspecified atom stereocenters. The molecule has 3 nitrogen and oxygen atoms in total. The summed E-state index contributed by atoms with van der Waals surface area (Å²) in [7, 11) is 0. The number of nitrogens with zero attached hydrogens (tertiary/aromatic N) is 3. The van der Waals surface area contributed by atoms with Gasteiger partial charge in [0, 0.05) is 37.8 Å². The summed E-state index contributed by atoms with van der Waals surface area (Å²) in [5, 5.41) is 2.49. The number of anilines is 1. The summed E-state index contributed by atoms with van der Waals surface area (Å²) in [6.45, 7) is 7.02. The minimum atomic E-state index is 0. The summed E-state index contributed by atoms with van der Waals surface area (Å²) in [5.41, 5.74) is 2.54. The Kier molecular flexibility index (Phi) is 6.66. The lowest BCUT2D eigenvalue weighted by Crippen LogP contribution is -3.00. The molecule has 3 aliphatic heterocycles. The minimum absolute atomic E-state index is 0. The number of hydrogen-bond donors (Lipinski definition) is 0. The zero-order chi connectivity index (χ0) is 14.2. The third kappa shape index (κ3) is 3.98. The van der Waals surface area contributed by atoms with Crippen molar-refractivity contribution in [1.29, 1.82) is 0 Å². The Morgan fingerprint density at radius 2 is 1.70 bits per heavy atom. The van der Waals surface area contributed by atoms with Gasteiger partial charge in [-0.1, -0.05) is 41.2 Å². The van der Waals surface area contributed by atoms with Crippen molar-refractivity contribution in [2.45, 2.75) is 25.8 Å². The SMILES string of the molecule is Cc1ccc(-c2ncc(N3CCN4CCC3CC4)s2)cc1.[Br-].[Br-]. The number of aryl methyl sites for hydroxylation is 1. The molecule has 1 aromatic carbocycles. The van der Waals surface area contributed by atoms with Gasteiger partial charge in [-0.3, -0.25) is 0 Å². The fourth-order valence-electron chi connectivity index (χ4n) is 3.40. The van der Waals surface area contributed by atoms with E-state index in [2.05, 4.69) is 52.2 Å². The molecular formula is C17H21Br2N3S-2. The zero-order valence-electron chi connectivity index (χ0n) is 13.2. The van der Waals surface area contributed by atoms with Crippen LogP contribution in [0.2, 0.25) is 0 Å². The Hall–Kier alpha value is -0.430. The number of hydrogen-bond acceptors (Lipinski definition) is 4. The van der Waals surface area contributed by atoms with Crippen LogP contribution in [0.1, 0.15) is 18.4 Å². The number of aromatic nitrogens is 1. The van der Waals surface area contributed by atoms with Gasteiger partial charge in [-0.2, -0.15) is 0 Å². The van der Waals surface area contributed by atoms with Crippen molar-refractivity contribution in [3.05, 3.63) is 36.0 Å². The van der Waals surface area contributed by atoms with Crippen molar-refractivity contribution in [3.8, 4) is 10.6 Å². The molecule has 0 atom stereocenters. The van der Waals surface area contributed by atoms with Crippen molar-refractivity contribution < 1.29 is 34.0 Å². The molecule has 3 saturated heterocycles. The van der Waals surface area contributed by atoms with E-state index in [-0.39, 0.29) is 34.0 Å². The Balaban J connectivity index is 0.000000960. The van der Waals surface area contributed by atoms with E-state index in [1.807, 2.05) is 11.3 Å². The maximum Gasteiger partial charge on any atom is 0.125 e. The van der Waals surface area contributed by atoms with Gasteiger partial charge in [-0.15, -0.1) is 0 Å². The maximum absolute atomic E-state index is 4.67. The molecule has 0 spiro atoms. The first-order chi connectivity index (χ1) is 10.3. The van der Waals surface area contributed by atoms with Crippen molar-refractivity contribution >= 4 is 16.3 Å². The van der Waals surface area contributed by atoms with Crippen LogP contribution in [0.3, 0.4) is 0 Å². The van der Waals surface area contributed by atoms with Crippen molar-refractivity contribution in [2.75, 3.05) is 31.1 Å². The predicted molar refractivity (Wildman–Crippen MR) is 89.1 cm³/mol. The van der Waals surface area contributed by atoms with Gasteiger partial charge in [0.25, 0.3) is 0 Å². The van der Waals surface area contributed by atoms with E-state index in [4.69, 9.17) is 0 Å². The van der Waals surface area contributed by atoms with Gasteiger partial charge < -0.3 is 43.8 Å². The molecule has 3 aliphatic rings. The first kappa shape index (κ1) is 18.9. The van der Waals surface area contributed by atoms with Crippen LogP contribution in [0, 0.1) is 6.92 Å². The molecule has 2 aromatic rings. The quantitative estimate of drug-likeness (QED) is 0.492. The number of piperidine rings is 1. The summed E-state index contributed by atoms with van der Waals surface area (Å²) in [4.78, 5) is 9.86. The molecule has 0 N–H and O–H groups in total. The molecule has 3 fully saturated rings. The first-order valence-electron chi connectivity index (χ1n) is 7.81. The van der Waals surface area contributed by atoms with Crippen LogP contribution in [-0.4, -0.2) is 42.1 Å². The number of rotatable bonds is 2. The van der Waals surface area contributed by atoms with E-state index in [0.29, 0.717) is 0 Å². The molecule has 1 aromatic heterocycles. The van der Waals surface area contributed by atoms with Crippen LogP contribution in [0.15, 0.2) is 30.5 Å². The second-order valence-electron chi connectivity index (χ2n) is 6.14. The molecule has 126 valence electrons. The predicted octanol–water partition coefficient (Wildman–Crippen LogP) is -2.59. The Labute approximate surface area is 163 Å². The lowest BCUT2D eigenvalue weighted by Gasteiger charge is -2.31. The van der Waals surface area contributed by atoms with Crippen molar-refractivity contribution in [2.24, 2.45) is 0 Å². The molecule has 2 bridgehead atoms. The van der Waals surface area contributed by atoms with Gasteiger partial charge in [-0.25, -0.2) is 4.98 Å². The molecule has 4 heterocycles. The summed E-state index contributed by atoms with van der Waals surface area (Å²) in [6.07, 6.45) is 4.68. The summed E-state index contributed by atoms with van der Waals surface area (Å²) in [5.74, 6) is 0. The highest BCUT2D eigenvalue weighted by atomic mass is 79.9. The van der Waals surface area contributed by atoms with Gasteiger partial charge in [0.15, 0.2) is 0 Å². The Bertz CT molecular complexity index is 621. The summed E-state index contributed by atoms with van der Waals surface area (Å²) in [6, 6.07) is 9.40. The second kappa shape index (κ2) is 8.10. The Morgan fingerprint density at radius 1 is 1.00 bits per heavy atom. The zero-order valence-corrected chi connectivity index (χ0v) is 17.2. The third-order valence-electron chi connectivity index (χ3n) is 4.73. The number of halogens is 2. The van der Waals surface area contributed by atoms with Crippen LogP contribution in [-0.2, 0) is 0 Å². The van der Waals surface area contributed by atoms with E-state index < -0.39 is 0 Å². The van der Waals surface area contributed by atoms with Crippen LogP contribution >= 0.6 is 11.3 Å². The lowest BCUT2D eigenvalue weighted by atomic mass is 10.1. The highest BCUT2D eigenvalue weighted by Gasteiger charge is 2.30. The minimum Gasteiger partial charge on any atom is -1.00 e. The van der Waals surface area contributed by atoms with Gasteiger partial charge in [0.1, 0.15) is 10.0 Å². The van der Waals surface area contributed by atoms with Crippen LogP contribution in [0.25, 0.3) is 10.6 Å². The van der Waals surface area contributed by atoms with Crippen LogP contribution in [0.4, 0.5) is 5.00 Å². The molecule has 0 aliphatic carbocycles. The molecule has 6 heteroatoms. The highest BCUT2D eigenvalue weighted by Crippen LogP contribution is 2.34. The summed E-state index contributed by atoms with van der Waals surface area (Å²) < 4.78 is 0. The smallest absolute Gasteiger partial charge is 0.125 e. The van der Waals surface area contributed by atoms with Gasteiger partial charge in [-0.05, 0) is 19.8 Å². The third-order valence-corrected chi connectivity index (χ3v) is 5.81. The molecular weight excluding hydrogens is 438 g/mol. The fourth-order valence-corrected chi connectivity index (χ4v) is 4.42. The van der Waals surface area contributed by atoms with E-state index in [9.17, 15) is 0 Å². The number of benzene rings is 1. The fraction of sp³-hybridized carbons (Fsp3) is 0.471. The molecule has 23 heavy (non-hydrogen) atoms. The summed E-state index contributed by atoms with van der Waals surface area (Å²) >= 11 is 1.84. The molecule has 0 saturated carbocycles.